The number of ether oxygens (including phenoxy) is 2. The second kappa shape index (κ2) is 12.9. The highest BCUT2D eigenvalue weighted by Crippen LogP contribution is 2.60. The number of anilines is 2. The lowest BCUT2D eigenvalue weighted by Crippen LogP contribution is -2.40. The number of hydrogen-bond donors (Lipinski definition) is 2. The second-order valence-electron chi connectivity index (χ2n) is 12.9. The first-order chi connectivity index (χ1) is 22.0. The van der Waals surface area contributed by atoms with Gasteiger partial charge in [-0.1, -0.05) is 19.4 Å². The zero-order valence-electron chi connectivity index (χ0n) is 26.3. The first-order valence-corrected chi connectivity index (χ1v) is 16.7. The van der Waals surface area contributed by atoms with Crippen molar-refractivity contribution in [1.82, 2.24) is 24.5 Å². The summed E-state index contributed by atoms with van der Waals surface area (Å²) in [5.41, 5.74) is -0.361. The summed E-state index contributed by atoms with van der Waals surface area (Å²) in [6.45, 7) is 8.15. The Labute approximate surface area is 271 Å². The number of nitrogens with zero attached hydrogens (tertiary/aromatic N) is 5. The van der Waals surface area contributed by atoms with E-state index < -0.39 is 11.6 Å². The van der Waals surface area contributed by atoms with E-state index in [0.717, 1.165) is 42.6 Å². The standard InChI is InChI=1S/C32H40F3N7O3S/c1-4-6-21-7-10-26-38-27(21)36-15-18-44-22-19-30(2,3)41(20-22)28-23(29(43)40-46-26)8-9-24(37-28)42-16-11-25(39-42)45-17-5-12-31(13-14-31)32(33,34)35/h7-11,16,22H,4-6,12-15,17-20H2,1-3H3,(H,36,38)(H,40,43). The van der Waals surface area contributed by atoms with Gasteiger partial charge in [0.05, 0.1) is 30.3 Å². The van der Waals surface area contributed by atoms with Crippen molar-refractivity contribution in [3.05, 3.63) is 47.7 Å². The van der Waals surface area contributed by atoms with E-state index >= 15 is 0 Å². The van der Waals surface area contributed by atoms with Gasteiger partial charge >= 0.3 is 6.18 Å². The maximum absolute atomic E-state index is 13.6. The number of carbonyl (C=O) groups is 1. The quantitative estimate of drug-likeness (QED) is 0.211. The first kappa shape index (κ1) is 32.4. The van der Waals surface area contributed by atoms with Gasteiger partial charge in [0.2, 0.25) is 5.88 Å². The lowest BCUT2D eigenvalue weighted by Gasteiger charge is -2.33. The number of amides is 1. The fourth-order valence-corrected chi connectivity index (χ4v) is 6.82. The zero-order chi connectivity index (χ0) is 32.5. The van der Waals surface area contributed by atoms with Crippen LogP contribution in [0.3, 0.4) is 0 Å². The predicted molar refractivity (Wildman–Crippen MR) is 170 cm³/mol. The van der Waals surface area contributed by atoms with E-state index in [1.165, 1.54) is 0 Å². The molecule has 1 atom stereocenters. The van der Waals surface area contributed by atoms with Crippen molar-refractivity contribution >= 4 is 29.5 Å². The van der Waals surface area contributed by atoms with Crippen LogP contribution >= 0.6 is 11.9 Å². The molecule has 1 aliphatic carbocycles. The minimum atomic E-state index is -4.16. The van der Waals surface area contributed by atoms with Crippen LogP contribution in [0.2, 0.25) is 0 Å². The predicted octanol–water partition coefficient (Wildman–Crippen LogP) is 6.35. The minimum absolute atomic E-state index is 0.0537. The number of alkyl halides is 3. The summed E-state index contributed by atoms with van der Waals surface area (Å²) in [5.74, 6) is 1.77. The van der Waals surface area contributed by atoms with Crippen LogP contribution in [-0.2, 0) is 11.2 Å². The topological polar surface area (TPSA) is 106 Å². The van der Waals surface area contributed by atoms with Gasteiger partial charge in [-0.2, -0.15) is 13.2 Å². The molecule has 1 saturated heterocycles. The number of nitrogens with one attached hydrogen (secondary N) is 2. The van der Waals surface area contributed by atoms with E-state index in [9.17, 15) is 18.0 Å². The van der Waals surface area contributed by atoms with Crippen molar-refractivity contribution in [2.24, 2.45) is 5.41 Å². The Morgan fingerprint density at radius 2 is 1.98 bits per heavy atom. The summed E-state index contributed by atoms with van der Waals surface area (Å²) >= 11 is 1.15. The Kier molecular flexibility index (Phi) is 9.12. The Balaban J connectivity index is 1.22. The lowest BCUT2D eigenvalue weighted by atomic mass is 10.0. The monoisotopic (exact) mass is 659 g/mol. The molecule has 10 nitrogen and oxygen atoms in total. The number of hydrogen-bond acceptors (Lipinski definition) is 9. The molecule has 6 rings (SSSR count). The molecule has 5 heterocycles. The van der Waals surface area contributed by atoms with E-state index in [-0.39, 0.29) is 43.4 Å². The SMILES string of the molecule is CCCc1ccc2nc1NCCOC1CN(c3nc(-n4ccc(OCCCC5(C(F)(F)F)CC5)n4)ccc3C(=O)NS2)C(C)(C)C1. The van der Waals surface area contributed by atoms with E-state index in [1.54, 1.807) is 29.1 Å². The number of carbonyl (C=O) groups excluding carboxylic acids is 1. The van der Waals surface area contributed by atoms with Crippen molar-refractivity contribution in [3.63, 3.8) is 0 Å². The molecule has 3 aromatic rings. The fourth-order valence-electron chi connectivity index (χ4n) is 6.24. The molecule has 46 heavy (non-hydrogen) atoms. The normalized spacial score (nSPS) is 20.6. The van der Waals surface area contributed by atoms with Crippen molar-refractivity contribution in [2.75, 3.05) is 36.5 Å². The largest absolute Gasteiger partial charge is 0.477 e. The highest BCUT2D eigenvalue weighted by Gasteiger charge is 2.62. The third kappa shape index (κ3) is 6.92. The smallest absolute Gasteiger partial charge is 0.394 e. The first-order valence-electron chi connectivity index (χ1n) is 15.8. The van der Waals surface area contributed by atoms with Gasteiger partial charge in [0.25, 0.3) is 5.91 Å². The maximum atomic E-state index is 13.6. The van der Waals surface area contributed by atoms with Gasteiger partial charge in [-0.15, -0.1) is 5.10 Å². The summed E-state index contributed by atoms with van der Waals surface area (Å²) in [5, 5.41) is 8.54. The van der Waals surface area contributed by atoms with Crippen LogP contribution in [0, 0.1) is 5.41 Å². The van der Waals surface area contributed by atoms with E-state index in [0.29, 0.717) is 54.2 Å². The van der Waals surface area contributed by atoms with Gasteiger partial charge in [-0.25, -0.2) is 14.6 Å². The molecule has 2 aliphatic heterocycles. The summed E-state index contributed by atoms with van der Waals surface area (Å²) in [7, 11) is 0. The van der Waals surface area contributed by atoms with Crippen molar-refractivity contribution in [3.8, 4) is 11.7 Å². The van der Waals surface area contributed by atoms with Gasteiger partial charge in [-0.3, -0.25) is 9.52 Å². The molecular formula is C32H40F3N7O3S. The van der Waals surface area contributed by atoms with E-state index in [1.807, 2.05) is 12.1 Å². The van der Waals surface area contributed by atoms with Crippen LogP contribution in [0.25, 0.3) is 5.82 Å². The van der Waals surface area contributed by atoms with Gasteiger partial charge in [-0.05, 0) is 76.1 Å². The zero-order valence-corrected chi connectivity index (χ0v) is 27.1. The minimum Gasteiger partial charge on any atom is -0.477 e. The van der Waals surface area contributed by atoms with Gasteiger partial charge < -0.3 is 19.7 Å². The Hall–Kier alpha value is -3.52. The van der Waals surface area contributed by atoms with Crippen molar-refractivity contribution in [2.45, 2.75) is 88.6 Å². The third-order valence-corrected chi connectivity index (χ3v) is 9.70. The molecule has 3 aliphatic rings. The van der Waals surface area contributed by atoms with Gasteiger partial charge in [0.1, 0.15) is 16.7 Å². The average Bonchev–Trinajstić information content (AvgIpc) is 3.57. The van der Waals surface area contributed by atoms with E-state index in [2.05, 4.69) is 40.8 Å². The molecule has 2 fully saturated rings. The van der Waals surface area contributed by atoms with Crippen LogP contribution in [0.4, 0.5) is 24.8 Å². The third-order valence-electron chi connectivity index (χ3n) is 8.98. The molecule has 1 unspecified atom stereocenters. The van der Waals surface area contributed by atoms with E-state index in [4.69, 9.17) is 19.4 Å². The van der Waals surface area contributed by atoms with Gasteiger partial charge in [0.15, 0.2) is 5.82 Å². The molecule has 2 N–H and O–H groups in total. The van der Waals surface area contributed by atoms with Gasteiger partial charge in [0, 0.05) is 42.8 Å². The number of halogens is 3. The summed E-state index contributed by atoms with van der Waals surface area (Å²) in [6, 6.07) is 9.05. The lowest BCUT2D eigenvalue weighted by molar-refractivity contribution is -0.189. The molecule has 248 valence electrons. The number of aromatic nitrogens is 4. The van der Waals surface area contributed by atoms with Crippen LogP contribution < -0.4 is 19.7 Å². The number of fused-ring (bicyclic) bond motifs is 6. The Bertz CT molecular complexity index is 1560. The van der Waals surface area contributed by atoms with Crippen LogP contribution in [0.5, 0.6) is 5.88 Å². The molecule has 0 spiro atoms. The summed E-state index contributed by atoms with van der Waals surface area (Å²) in [6.07, 6.45) is 0.814. The Morgan fingerprint density at radius 1 is 1.15 bits per heavy atom. The molecular weight excluding hydrogens is 619 g/mol. The highest BCUT2D eigenvalue weighted by molar-refractivity contribution is 7.97. The summed E-state index contributed by atoms with van der Waals surface area (Å²) < 4.78 is 56.2. The summed E-state index contributed by atoms with van der Waals surface area (Å²) in [4.78, 5) is 25.4. The maximum Gasteiger partial charge on any atom is 0.394 e. The number of pyridine rings is 2. The second-order valence-corrected chi connectivity index (χ2v) is 13.7. The molecule has 4 bridgehead atoms. The number of aryl methyl sites for hydroxylation is 1. The average molecular weight is 660 g/mol. The molecule has 1 saturated carbocycles. The van der Waals surface area contributed by atoms with Crippen molar-refractivity contribution in [1.29, 1.82) is 0 Å². The van der Waals surface area contributed by atoms with Crippen LogP contribution in [-0.4, -0.2) is 69.8 Å². The molecule has 3 aromatic heterocycles. The highest BCUT2D eigenvalue weighted by atomic mass is 32.2. The molecule has 0 aromatic carbocycles. The molecule has 0 radical (unpaired) electrons. The van der Waals surface area contributed by atoms with Crippen LogP contribution in [0.1, 0.15) is 75.2 Å². The van der Waals surface area contributed by atoms with Crippen LogP contribution in [0.15, 0.2) is 41.6 Å². The number of rotatable bonds is 8. The fraction of sp³-hybridized carbons (Fsp3) is 0.562. The molecule has 1 amide bonds. The van der Waals surface area contributed by atoms with Crippen molar-refractivity contribution < 1.29 is 27.4 Å². The molecule has 14 heteroatoms. The Morgan fingerprint density at radius 3 is 2.74 bits per heavy atom.